The number of hydrogen-bond acceptors (Lipinski definition) is 1. The highest BCUT2D eigenvalue weighted by Crippen LogP contribution is 2.22. The molecule has 0 saturated carbocycles. The molecule has 1 aliphatic rings. The molecule has 0 aromatic heterocycles. The Morgan fingerprint density at radius 1 is 0.913 bits per heavy atom. The molecule has 0 heterocycles. The molecular weight excluding hydrogens is 282 g/mol. The Morgan fingerprint density at radius 3 is 1.96 bits per heavy atom. The van der Waals surface area contributed by atoms with Gasteiger partial charge >= 0.3 is 0 Å². The average Bonchev–Trinajstić information content (AvgIpc) is 3.09. The maximum atomic E-state index is 12.8. The Morgan fingerprint density at radius 2 is 1.48 bits per heavy atom. The zero-order valence-electron chi connectivity index (χ0n) is 13.4. The van der Waals surface area contributed by atoms with Crippen LogP contribution in [0, 0.1) is 5.92 Å². The van der Waals surface area contributed by atoms with E-state index in [1.54, 1.807) is 0 Å². The predicted molar refractivity (Wildman–Crippen MR) is 93.6 cm³/mol. The second-order valence-corrected chi connectivity index (χ2v) is 6.19. The van der Waals surface area contributed by atoms with E-state index in [9.17, 15) is 4.79 Å². The van der Waals surface area contributed by atoms with Crippen LogP contribution in [-0.2, 0) is 17.9 Å². The van der Waals surface area contributed by atoms with Gasteiger partial charge in [-0.05, 0) is 29.9 Å². The highest BCUT2D eigenvalue weighted by molar-refractivity contribution is 5.76. The Kier molecular flexibility index (Phi) is 5.25. The first-order valence-electron chi connectivity index (χ1n) is 8.33. The Balaban J connectivity index is 1.71. The Hall–Kier alpha value is -2.35. The lowest BCUT2D eigenvalue weighted by atomic mass is 10.0. The number of amides is 1. The van der Waals surface area contributed by atoms with Gasteiger partial charge in [-0.15, -0.1) is 0 Å². The number of carbonyl (C=O) groups is 1. The highest BCUT2D eigenvalue weighted by atomic mass is 16.2. The minimum Gasteiger partial charge on any atom is -0.334 e. The number of rotatable bonds is 6. The standard InChI is InChI=1S/C21H23NO/c23-21(15-18-9-7-8-10-18)22(16-19-11-3-1-4-12-19)17-20-13-5-2-6-14-20/h1-7,9,11-14,18H,8,10,15-17H2. The molecule has 0 aliphatic heterocycles. The fraction of sp³-hybridized carbons (Fsp3) is 0.286. The first-order chi connectivity index (χ1) is 11.3. The molecule has 118 valence electrons. The molecule has 0 N–H and O–H groups in total. The van der Waals surface area contributed by atoms with E-state index in [1.165, 1.54) is 11.1 Å². The van der Waals surface area contributed by atoms with Gasteiger partial charge in [0.25, 0.3) is 0 Å². The summed E-state index contributed by atoms with van der Waals surface area (Å²) in [5.41, 5.74) is 2.36. The van der Waals surface area contributed by atoms with Crippen molar-refractivity contribution in [3.05, 3.63) is 83.9 Å². The molecule has 1 atom stereocenters. The Labute approximate surface area is 138 Å². The minimum absolute atomic E-state index is 0.245. The first-order valence-corrected chi connectivity index (χ1v) is 8.33. The third-order valence-corrected chi connectivity index (χ3v) is 4.33. The maximum absolute atomic E-state index is 12.8. The van der Waals surface area contributed by atoms with E-state index in [1.807, 2.05) is 41.3 Å². The molecule has 23 heavy (non-hydrogen) atoms. The monoisotopic (exact) mass is 305 g/mol. The lowest BCUT2D eigenvalue weighted by Gasteiger charge is -2.24. The second-order valence-electron chi connectivity index (χ2n) is 6.19. The largest absolute Gasteiger partial charge is 0.334 e. The van der Waals surface area contributed by atoms with Gasteiger partial charge in [-0.1, -0.05) is 72.8 Å². The van der Waals surface area contributed by atoms with Crippen LogP contribution in [0.15, 0.2) is 72.8 Å². The van der Waals surface area contributed by atoms with Crippen LogP contribution in [0.5, 0.6) is 0 Å². The van der Waals surface area contributed by atoms with Crippen LogP contribution >= 0.6 is 0 Å². The zero-order chi connectivity index (χ0) is 15.9. The van der Waals surface area contributed by atoms with Crippen LogP contribution in [0.1, 0.15) is 30.4 Å². The van der Waals surface area contributed by atoms with Crippen LogP contribution in [0.3, 0.4) is 0 Å². The molecule has 2 aromatic carbocycles. The Bertz CT molecular complexity index is 607. The molecule has 1 aliphatic carbocycles. The van der Waals surface area contributed by atoms with Crippen molar-refractivity contribution in [3.63, 3.8) is 0 Å². The summed E-state index contributed by atoms with van der Waals surface area (Å²) in [6.45, 7) is 1.34. The van der Waals surface area contributed by atoms with Crippen LogP contribution < -0.4 is 0 Å². The van der Waals surface area contributed by atoms with Crippen molar-refractivity contribution in [2.45, 2.75) is 32.4 Å². The lowest BCUT2D eigenvalue weighted by molar-refractivity contribution is -0.133. The smallest absolute Gasteiger partial charge is 0.223 e. The topological polar surface area (TPSA) is 20.3 Å². The van der Waals surface area contributed by atoms with Crippen molar-refractivity contribution < 1.29 is 4.79 Å². The third kappa shape index (κ3) is 4.56. The molecule has 2 nitrogen and oxygen atoms in total. The SMILES string of the molecule is O=C(CC1C=CCC1)N(Cc1ccccc1)Cc1ccccc1. The normalized spacial score (nSPS) is 16.4. The van der Waals surface area contributed by atoms with Crippen molar-refractivity contribution in [1.82, 2.24) is 4.90 Å². The van der Waals surface area contributed by atoms with E-state index in [-0.39, 0.29) is 5.91 Å². The van der Waals surface area contributed by atoms with Gasteiger partial charge < -0.3 is 4.90 Å². The minimum atomic E-state index is 0.245. The third-order valence-electron chi connectivity index (χ3n) is 4.33. The highest BCUT2D eigenvalue weighted by Gasteiger charge is 2.19. The fourth-order valence-electron chi connectivity index (χ4n) is 3.06. The summed E-state index contributed by atoms with van der Waals surface area (Å²) in [5.74, 6) is 0.658. The number of benzene rings is 2. The van der Waals surface area contributed by atoms with Crippen LogP contribution in [0.2, 0.25) is 0 Å². The summed E-state index contributed by atoms with van der Waals surface area (Å²) in [7, 11) is 0. The van der Waals surface area contributed by atoms with Crippen LogP contribution in [-0.4, -0.2) is 10.8 Å². The van der Waals surface area contributed by atoms with Gasteiger partial charge in [0.15, 0.2) is 0 Å². The van der Waals surface area contributed by atoms with Gasteiger partial charge in [0.1, 0.15) is 0 Å². The summed E-state index contributed by atoms with van der Waals surface area (Å²) in [6, 6.07) is 20.5. The molecule has 1 unspecified atom stereocenters. The number of nitrogens with zero attached hydrogens (tertiary/aromatic N) is 1. The van der Waals surface area contributed by atoms with E-state index in [2.05, 4.69) is 36.4 Å². The van der Waals surface area contributed by atoms with Gasteiger partial charge in [-0.3, -0.25) is 4.79 Å². The molecular formula is C21H23NO. The number of carbonyl (C=O) groups excluding carboxylic acids is 1. The number of hydrogen-bond donors (Lipinski definition) is 0. The van der Waals surface area contributed by atoms with E-state index < -0.39 is 0 Å². The predicted octanol–water partition coefficient (Wildman–Crippen LogP) is 4.57. The second kappa shape index (κ2) is 7.77. The molecule has 0 fully saturated rings. The van der Waals surface area contributed by atoms with Gasteiger partial charge in [-0.2, -0.15) is 0 Å². The van der Waals surface area contributed by atoms with Crippen molar-refractivity contribution >= 4 is 5.91 Å². The van der Waals surface area contributed by atoms with Crippen molar-refractivity contribution in [3.8, 4) is 0 Å². The van der Waals surface area contributed by atoms with Gasteiger partial charge in [-0.25, -0.2) is 0 Å². The van der Waals surface area contributed by atoms with E-state index >= 15 is 0 Å². The first kappa shape index (κ1) is 15.5. The van der Waals surface area contributed by atoms with Gasteiger partial charge in [0, 0.05) is 19.5 Å². The van der Waals surface area contributed by atoms with Crippen LogP contribution in [0.4, 0.5) is 0 Å². The van der Waals surface area contributed by atoms with Crippen molar-refractivity contribution in [2.75, 3.05) is 0 Å². The van der Waals surface area contributed by atoms with Gasteiger partial charge in [0.2, 0.25) is 5.91 Å². The molecule has 2 aromatic rings. The molecule has 0 saturated heterocycles. The van der Waals surface area contributed by atoms with Crippen molar-refractivity contribution in [1.29, 1.82) is 0 Å². The summed E-state index contributed by atoms with van der Waals surface area (Å²) < 4.78 is 0. The molecule has 1 amide bonds. The quantitative estimate of drug-likeness (QED) is 0.716. The van der Waals surface area contributed by atoms with E-state index in [0.29, 0.717) is 25.4 Å². The van der Waals surface area contributed by atoms with Crippen molar-refractivity contribution in [2.24, 2.45) is 5.92 Å². The summed E-state index contributed by atoms with van der Waals surface area (Å²) >= 11 is 0. The summed E-state index contributed by atoms with van der Waals surface area (Å²) in [4.78, 5) is 14.8. The molecule has 3 rings (SSSR count). The number of allylic oxidation sites excluding steroid dienone is 2. The fourth-order valence-corrected chi connectivity index (χ4v) is 3.06. The molecule has 2 heteroatoms. The van der Waals surface area contributed by atoms with E-state index in [0.717, 1.165) is 12.8 Å². The summed E-state index contributed by atoms with van der Waals surface area (Å²) in [5, 5.41) is 0. The summed E-state index contributed by atoms with van der Waals surface area (Å²) in [6.07, 6.45) is 7.22. The van der Waals surface area contributed by atoms with Crippen LogP contribution in [0.25, 0.3) is 0 Å². The zero-order valence-corrected chi connectivity index (χ0v) is 13.4. The maximum Gasteiger partial charge on any atom is 0.223 e. The van der Waals surface area contributed by atoms with E-state index in [4.69, 9.17) is 0 Å². The molecule has 0 bridgehead atoms. The molecule has 0 spiro atoms. The lowest BCUT2D eigenvalue weighted by Crippen LogP contribution is -2.31. The molecule has 0 radical (unpaired) electrons. The van der Waals surface area contributed by atoms with Gasteiger partial charge in [0.05, 0.1) is 0 Å². The average molecular weight is 305 g/mol.